The number of ether oxygens (including phenoxy) is 1. The molecule has 0 radical (unpaired) electrons. The molecule has 15 heavy (non-hydrogen) atoms. The monoisotopic (exact) mass is 206 g/mol. The van der Waals surface area contributed by atoms with Crippen molar-refractivity contribution in [2.75, 3.05) is 0 Å². The second-order valence-corrected chi connectivity index (χ2v) is 3.46. The molecule has 84 valence electrons. The smallest absolute Gasteiger partial charge is 0.129 e. The SMILES string of the molecule is C=COc1cc(C(C)C)ccc1C.CC. The summed E-state index contributed by atoms with van der Waals surface area (Å²) < 4.78 is 5.29. The average molecular weight is 206 g/mol. The highest BCUT2D eigenvalue weighted by Gasteiger charge is 2.03. The van der Waals surface area contributed by atoms with Crippen molar-refractivity contribution in [2.45, 2.75) is 40.5 Å². The normalized spacial score (nSPS) is 9.20. The minimum Gasteiger partial charge on any atom is -0.465 e. The first-order chi connectivity index (χ1) is 7.15. The van der Waals surface area contributed by atoms with Crippen LogP contribution in [-0.2, 0) is 0 Å². The summed E-state index contributed by atoms with van der Waals surface area (Å²) in [4.78, 5) is 0. The van der Waals surface area contributed by atoms with E-state index in [0.717, 1.165) is 11.3 Å². The van der Waals surface area contributed by atoms with Crippen molar-refractivity contribution in [2.24, 2.45) is 0 Å². The first-order valence-electron chi connectivity index (χ1n) is 5.53. The van der Waals surface area contributed by atoms with Gasteiger partial charge >= 0.3 is 0 Å². The van der Waals surface area contributed by atoms with Gasteiger partial charge in [0, 0.05) is 0 Å². The minimum atomic E-state index is 0.535. The van der Waals surface area contributed by atoms with E-state index in [-0.39, 0.29) is 0 Å². The molecule has 1 nitrogen and oxygen atoms in total. The van der Waals surface area contributed by atoms with Crippen LogP contribution in [0.3, 0.4) is 0 Å². The van der Waals surface area contributed by atoms with Gasteiger partial charge in [0.1, 0.15) is 5.75 Å². The van der Waals surface area contributed by atoms with E-state index in [1.807, 2.05) is 20.8 Å². The van der Waals surface area contributed by atoms with Crippen LogP contribution in [0.4, 0.5) is 0 Å². The van der Waals surface area contributed by atoms with Gasteiger partial charge in [-0.25, -0.2) is 0 Å². The minimum absolute atomic E-state index is 0.535. The molecule has 1 rings (SSSR count). The molecule has 1 aromatic carbocycles. The van der Waals surface area contributed by atoms with E-state index < -0.39 is 0 Å². The maximum Gasteiger partial charge on any atom is 0.129 e. The van der Waals surface area contributed by atoms with Crippen LogP contribution >= 0.6 is 0 Å². The first kappa shape index (κ1) is 13.8. The molecule has 1 heteroatoms. The van der Waals surface area contributed by atoms with Gasteiger partial charge in [-0.3, -0.25) is 0 Å². The molecule has 0 spiro atoms. The third-order valence-electron chi connectivity index (χ3n) is 2.09. The van der Waals surface area contributed by atoms with Crippen LogP contribution < -0.4 is 4.74 Å². The first-order valence-corrected chi connectivity index (χ1v) is 5.53. The van der Waals surface area contributed by atoms with Gasteiger partial charge in [-0.05, 0) is 30.0 Å². The van der Waals surface area contributed by atoms with Gasteiger partial charge in [-0.2, -0.15) is 0 Å². The quantitative estimate of drug-likeness (QED) is 0.653. The molecule has 0 atom stereocenters. The number of hydrogen-bond donors (Lipinski definition) is 0. The van der Waals surface area contributed by atoms with Gasteiger partial charge in [-0.15, -0.1) is 0 Å². The average Bonchev–Trinajstić information content (AvgIpc) is 2.24. The summed E-state index contributed by atoms with van der Waals surface area (Å²) in [6.07, 6.45) is 1.46. The van der Waals surface area contributed by atoms with E-state index in [9.17, 15) is 0 Å². The lowest BCUT2D eigenvalue weighted by Crippen LogP contribution is -1.91. The van der Waals surface area contributed by atoms with Crippen molar-refractivity contribution in [3.05, 3.63) is 42.2 Å². The van der Waals surface area contributed by atoms with Crippen LogP contribution in [0.25, 0.3) is 0 Å². The number of aryl methyl sites for hydroxylation is 1. The largest absolute Gasteiger partial charge is 0.465 e. The maximum absolute atomic E-state index is 5.29. The van der Waals surface area contributed by atoms with Gasteiger partial charge in [0.05, 0.1) is 6.26 Å². The van der Waals surface area contributed by atoms with Crippen LogP contribution in [0, 0.1) is 6.92 Å². The van der Waals surface area contributed by atoms with Gasteiger partial charge in [0.2, 0.25) is 0 Å². The number of benzene rings is 1. The summed E-state index contributed by atoms with van der Waals surface area (Å²) >= 11 is 0. The molecule has 0 aliphatic carbocycles. The molecule has 0 unspecified atom stereocenters. The lowest BCUT2D eigenvalue weighted by atomic mass is 10.0. The Balaban J connectivity index is 0.000000921. The molecular formula is C14H22O. The molecule has 0 N–H and O–H groups in total. The Morgan fingerprint density at radius 3 is 2.33 bits per heavy atom. The van der Waals surface area contributed by atoms with E-state index in [1.54, 1.807) is 0 Å². The summed E-state index contributed by atoms with van der Waals surface area (Å²) in [5.74, 6) is 1.44. The van der Waals surface area contributed by atoms with E-state index in [1.165, 1.54) is 11.8 Å². The van der Waals surface area contributed by atoms with E-state index in [4.69, 9.17) is 4.74 Å². The maximum atomic E-state index is 5.29. The molecule has 0 saturated heterocycles. The fourth-order valence-corrected chi connectivity index (χ4v) is 1.19. The van der Waals surface area contributed by atoms with E-state index in [2.05, 4.69) is 38.6 Å². The third kappa shape index (κ3) is 4.20. The Bertz CT molecular complexity index is 300. The summed E-state index contributed by atoms with van der Waals surface area (Å²) in [6, 6.07) is 6.28. The summed E-state index contributed by atoms with van der Waals surface area (Å²) in [7, 11) is 0. The summed E-state index contributed by atoms with van der Waals surface area (Å²) in [5.41, 5.74) is 2.44. The second kappa shape index (κ2) is 7.10. The van der Waals surface area contributed by atoms with Crippen molar-refractivity contribution >= 4 is 0 Å². The lowest BCUT2D eigenvalue weighted by Gasteiger charge is -2.09. The highest BCUT2D eigenvalue weighted by molar-refractivity contribution is 5.38. The molecule has 0 aliphatic heterocycles. The highest BCUT2D eigenvalue weighted by atomic mass is 16.5. The zero-order valence-corrected chi connectivity index (χ0v) is 10.5. The van der Waals surface area contributed by atoms with Crippen LogP contribution in [0.1, 0.15) is 44.7 Å². The fraction of sp³-hybridized carbons (Fsp3) is 0.429. The Labute approximate surface area is 93.8 Å². The number of rotatable bonds is 3. The van der Waals surface area contributed by atoms with Gasteiger partial charge in [0.25, 0.3) is 0 Å². The summed E-state index contributed by atoms with van der Waals surface area (Å²) in [5, 5.41) is 0. The van der Waals surface area contributed by atoms with Crippen LogP contribution in [-0.4, -0.2) is 0 Å². The summed E-state index contributed by atoms with van der Waals surface area (Å²) in [6.45, 7) is 13.9. The Hall–Kier alpha value is -1.24. The van der Waals surface area contributed by atoms with Gasteiger partial charge in [-0.1, -0.05) is 46.4 Å². The third-order valence-corrected chi connectivity index (χ3v) is 2.09. The fourth-order valence-electron chi connectivity index (χ4n) is 1.19. The van der Waals surface area contributed by atoms with Crippen molar-refractivity contribution in [3.63, 3.8) is 0 Å². The Morgan fingerprint density at radius 2 is 1.87 bits per heavy atom. The molecule has 0 heterocycles. The molecule has 0 bridgehead atoms. The van der Waals surface area contributed by atoms with Crippen molar-refractivity contribution in [1.29, 1.82) is 0 Å². The molecule has 0 aromatic heterocycles. The standard InChI is InChI=1S/C12H16O.C2H6/c1-5-13-12-8-11(9(2)3)7-6-10(12)4;1-2/h5-9H,1H2,2-4H3;1-2H3. The molecule has 0 amide bonds. The van der Waals surface area contributed by atoms with Gasteiger partial charge in [0.15, 0.2) is 0 Å². The van der Waals surface area contributed by atoms with E-state index >= 15 is 0 Å². The molecule has 0 saturated carbocycles. The second-order valence-electron chi connectivity index (χ2n) is 3.46. The zero-order chi connectivity index (χ0) is 11.8. The van der Waals surface area contributed by atoms with E-state index in [0.29, 0.717) is 5.92 Å². The van der Waals surface area contributed by atoms with Crippen molar-refractivity contribution in [1.82, 2.24) is 0 Å². The van der Waals surface area contributed by atoms with Gasteiger partial charge < -0.3 is 4.74 Å². The number of hydrogen-bond acceptors (Lipinski definition) is 1. The Morgan fingerprint density at radius 1 is 1.27 bits per heavy atom. The molecule has 0 aliphatic rings. The predicted molar refractivity (Wildman–Crippen MR) is 67.4 cm³/mol. The lowest BCUT2D eigenvalue weighted by molar-refractivity contribution is 0.478. The van der Waals surface area contributed by atoms with Crippen molar-refractivity contribution in [3.8, 4) is 5.75 Å². The molecular weight excluding hydrogens is 184 g/mol. The topological polar surface area (TPSA) is 9.23 Å². The van der Waals surface area contributed by atoms with Crippen molar-refractivity contribution < 1.29 is 4.74 Å². The molecule has 0 fully saturated rings. The van der Waals surface area contributed by atoms with Crippen LogP contribution in [0.15, 0.2) is 31.0 Å². The zero-order valence-electron chi connectivity index (χ0n) is 10.5. The predicted octanol–water partition coefficient (Wildman–Crippen LogP) is 4.67. The highest BCUT2D eigenvalue weighted by Crippen LogP contribution is 2.24. The Kier molecular flexibility index (Phi) is 6.52. The van der Waals surface area contributed by atoms with Crippen LogP contribution in [0.2, 0.25) is 0 Å². The molecule has 1 aromatic rings. The van der Waals surface area contributed by atoms with Crippen LogP contribution in [0.5, 0.6) is 5.75 Å².